The summed E-state index contributed by atoms with van der Waals surface area (Å²) in [7, 11) is 1.82. The average molecular weight is 474 g/mol. The first-order valence-electron chi connectivity index (χ1n) is 10.5. The second kappa shape index (κ2) is 10.7. The number of rotatable bonds is 8. The molecule has 0 aliphatic carbocycles. The highest BCUT2D eigenvalue weighted by Gasteiger charge is 2.10. The van der Waals surface area contributed by atoms with Gasteiger partial charge in [0.05, 0.1) is 5.75 Å². The van der Waals surface area contributed by atoms with Crippen LogP contribution in [-0.2, 0) is 11.8 Å². The van der Waals surface area contributed by atoms with Crippen molar-refractivity contribution in [3.8, 4) is 11.5 Å². The number of benzene rings is 3. The number of carbonyl (C=O) groups excluding carboxylic acids is 2. The van der Waals surface area contributed by atoms with E-state index in [4.69, 9.17) is 4.74 Å². The molecule has 0 bridgehead atoms. The zero-order valence-corrected chi connectivity index (χ0v) is 19.5. The maximum atomic E-state index is 12.6. The Kier molecular flexibility index (Phi) is 7.24. The molecule has 34 heavy (non-hydrogen) atoms. The zero-order valence-electron chi connectivity index (χ0n) is 18.7. The molecule has 172 valence electrons. The van der Waals surface area contributed by atoms with Crippen molar-refractivity contribution in [2.75, 3.05) is 16.4 Å². The Morgan fingerprint density at radius 3 is 2.09 bits per heavy atom. The van der Waals surface area contributed by atoms with Crippen LogP contribution in [0.25, 0.3) is 0 Å². The van der Waals surface area contributed by atoms with Gasteiger partial charge in [-0.15, -0.1) is 10.2 Å². The van der Waals surface area contributed by atoms with Gasteiger partial charge in [-0.3, -0.25) is 9.59 Å². The maximum absolute atomic E-state index is 12.6. The average Bonchev–Trinajstić information content (AvgIpc) is 3.25. The standard InChI is InChI=1S/C25H23N5O3S/c1-17-3-11-21(12-4-17)33-22-13-9-20(10-14-22)28-24(32)18-5-7-19(8-6-18)27-23(31)15-34-25-29-26-16-30(25)2/h3-14,16H,15H2,1-2H3,(H,27,31)(H,28,32). The van der Waals surface area contributed by atoms with Crippen molar-refractivity contribution in [2.24, 2.45) is 7.05 Å². The van der Waals surface area contributed by atoms with Gasteiger partial charge in [-0.25, -0.2) is 0 Å². The van der Waals surface area contributed by atoms with Crippen molar-refractivity contribution < 1.29 is 14.3 Å². The quantitative estimate of drug-likeness (QED) is 0.353. The van der Waals surface area contributed by atoms with Gasteiger partial charge in [0.1, 0.15) is 17.8 Å². The molecule has 4 rings (SSSR count). The van der Waals surface area contributed by atoms with Crippen molar-refractivity contribution in [3.05, 3.63) is 90.3 Å². The van der Waals surface area contributed by atoms with Gasteiger partial charge >= 0.3 is 0 Å². The Bertz CT molecular complexity index is 1270. The van der Waals surface area contributed by atoms with Gasteiger partial charge < -0.3 is 19.9 Å². The topological polar surface area (TPSA) is 98.1 Å². The number of carbonyl (C=O) groups is 2. The third-order valence-electron chi connectivity index (χ3n) is 4.80. The van der Waals surface area contributed by atoms with Crippen molar-refractivity contribution in [2.45, 2.75) is 12.1 Å². The molecule has 0 saturated heterocycles. The van der Waals surface area contributed by atoms with E-state index >= 15 is 0 Å². The van der Waals surface area contributed by atoms with E-state index in [0.29, 0.717) is 27.8 Å². The summed E-state index contributed by atoms with van der Waals surface area (Å²) in [6.45, 7) is 2.02. The molecule has 4 aromatic rings. The SMILES string of the molecule is Cc1ccc(Oc2ccc(NC(=O)c3ccc(NC(=O)CSc4nncn4C)cc3)cc2)cc1. The highest BCUT2D eigenvalue weighted by Crippen LogP contribution is 2.23. The Labute approximate surface area is 201 Å². The third kappa shape index (κ3) is 6.23. The molecular weight excluding hydrogens is 450 g/mol. The summed E-state index contributed by atoms with van der Waals surface area (Å²) in [5.41, 5.74) is 2.90. The van der Waals surface area contributed by atoms with Crippen LogP contribution >= 0.6 is 11.8 Å². The summed E-state index contributed by atoms with van der Waals surface area (Å²) in [4.78, 5) is 24.7. The number of hydrogen-bond acceptors (Lipinski definition) is 6. The molecule has 0 spiro atoms. The number of nitrogens with zero attached hydrogens (tertiary/aromatic N) is 3. The molecule has 0 saturated carbocycles. The molecule has 1 aromatic heterocycles. The van der Waals surface area contributed by atoms with Crippen LogP contribution in [0.3, 0.4) is 0 Å². The van der Waals surface area contributed by atoms with Crippen molar-refractivity contribution >= 4 is 35.0 Å². The van der Waals surface area contributed by atoms with Crippen LogP contribution in [0.2, 0.25) is 0 Å². The predicted molar refractivity (Wildman–Crippen MR) is 132 cm³/mol. The molecular formula is C25H23N5O3S. The Morgan fingerprint density at radius 1 is 0.882 bits per heavy atom. The molecule has 0 fully saturated rings. The molecule has 8 nitrogen and oxygen atoms in total. The lowest BCUT2D eigenvalue weighted by Gasteiger charge is -2.09. The Morgan fingerprint density at radius 2 is 1.47 bits per heavy atom. The summed E-state index contributed by atoms with van der Waals surface area (Å²) in [6.07, 6.45) is 1.58. The highest BCUT2D eigenvalue weighted by molar-refractivity contribution is 7.99. The predicted octanol–water partition coefficient (Wildman–Crippen LogP) is 4.90. The first-order chi connectivity index (χ1) is 16.5. The fourth-order valence-electron chi connectivity index (χ4n) is 2.99. The Hall–Kier alpha value is -4.11. The third-order valence-corrected chi connectivity index (χ3v) is 5.84. The molecule has 3 aromatic carbocycles. The van der Waals surface area contributed by atoms with Crippen LogP contribution in [0.15, 0.2) is 84.3 Å². The van der Waals surface area contributed by atoms with Gasteiger partial charge in [0.2, 0.25) is 5.91 Å². The van der Waals surface area contributed by atoms with Crippen molar-refractivity contribution in [1.82, 2.24) is 14.8 Å². The fraction of sp³-hybridized carbons (Fsp3) is 0.120. The van der Waals surface area contributed by atoms with Gasteiger partial charge in [-0.2, -0.15) is 0 Å². The first kappa shape index (κ1) is 23.1. The number of aromatic nitrogens is 3. The molecule has 0 atom stereocenters. The van der Waals surface area contributed by atoms with E-state index in [2.05, 4.69) is 20.8 Å². The molecule has 1 heterocycles. The number of hydrogen-bond donors (Lipinski definition) is 2. The number of thioether (sulfide) groups is 1. The van der Waals surface area contributed by atoms with Gasteiger partial charge in [0, 0.05) is 24.0 Å². The normalized spacial score (nSPS) is 10.5. The summed E-state index contributed by atoms with van der Waals surface area (Å²) in [6, 6.07) is 21.7. The van der Waals surface area contributed by atoms with Gasteiger partial charge in [0.25, 0.3) is 5.91 Å². The molecule has 9 heteroatoms. The molecule has 0 aliphatic rings. The van der Waals surface area contributed by atoms with E-state index in [1.165, 1.54) is 11.8 Å². The molecule has 2 N–H and O–H groups in total. The molecule has 2 amide bonds. The van der Waals surface area contributed by atoms with E-state index in [-0.39, 0.29) is 17.6 Å². The largest absolute Gasteiger partial charge is 0.457 e. The Balaban J connectivity index is 1.28. The lowest BCUT2D eigenvalue weighted by atomic mass is 10.2. The molecule has 0 radical (unpaired) electrons. The second-order valence-electron chi connectivity index (χ2n) is 7.53. The summed E-state index contributed by atoms with van der Waals surface area (Å²) in [5, 5.41) is 14.0. The molecule has 0 unspecified atom stereocenters. The van der Waals surface area contributed by atoms with Crippen LogP contribution in [-0.4, -0.2) is 32.3 Å². The number of nitrogens with one attached hydrogen (secondary N) is 2. The zero-order chi connectivity index (χ0) is 23.9. The number of anilines is 2. The minimum absolute atomic E-state index is 0.168. The number of aryl methyl sites for hydroxylation is 2. The number of amides is 2. The second-order valence-corrected chi connectivity index (χ2v) is 8.47. The lowest BCUT2D eigenvalue weighted by molar-refractivity contribution is -0.113. The van der Waals surface area contributed by atoms with Gasteiger partial charge in [-0.1, -0.05) is 29.5 Å². The maximum Gasteiger partial charge on any atom is 0.255 e. The van der Waals surface area contributed by atoms with Crippen LogP contribution in [0, 0.1) is 6.92 Å². The van der Waals surface area contributed by atoms with Crippen LogP contribution < -0.4 is 15.4 Å². The highest BCUT2D eigenvalue weighted by atomic mass is 32.2. The summed E-state index contributed by atoms with van der Waals surface area (Å²) in [5.74, 6) is 1.22. The van der Waals surface area contributed by atoms with E-state index < -0.39 is 0 Å². The summed E-state index contributed by atoms with van der Waals surface area (Å²) >= 11 is 1.30. The van der Waals surface area contributed by atoms with Gasteiger partial charge in [0.15, 0.2) is 5.16 Å². The van der Waals surface area contributed by atoms with E-state index in [0.717, 1.165) is 11.3 Å². The van der Waals surface area contributed by atoms with E-state index in [1.807, 2.05) is 38.2 Å². The van der Waals surface area contributed by atoms with Crippen molar-refractivity contribution in [1.29, 1.82) is 0 Å². The lowest BCUT2D eigenvalue weighted by Crippen LogP contribution is -2.15. The molecule has 0 aliphatic heterocycles. The minimum atomic E-state index is -0.247. The van der Waals surface area contributed by atoms with Crippen LogP contribution in [0.1, 0.15) is 15.9 Å². The van der Waals surface area contributed by atoms with Gasteiger partial charge in [-0.05, 0) is 67.6 Å². The minimum Gasteiger partial charge on any atom is -0.457 e. The van der Waals surface area contributed by atoms with Crippen molar-refractivity contribution in [3.63, 3.8) is 0 Å². The van der Waals surface area contributed by atoms with Crippen LogP contribution in [0.5, 0.6) is 11.5 Å². The number of ether oxygens (including phenoxy) is 1. The smallest absolute Gasteiger partial charge is 0.255 e. The fourth-order valence-corrected chi connectivity index (χ4v) is 3.68. The van der Waals surface area contributed by atoms with E-state index in [9.17, 15) is 9.59 Å². The monoisotopic (exact) mass is 473 g/mol. The first-order valence-corrected chi connectivity index (χ1v) is 11.5. The van der Waals surface area contributed by atoms with Crippen LogP contribution in [0.4, 0.5) is 11.4 Å². The van der Waals surface area contributed by atoms with E-state index in [1.54, 1.807) is 59.4 Å². The summed E-state index contributed by atoms with van der Waals surface area (Å²) < 4.78 is 7.56.